The molecule has 2 amide bonds. The molecule has 1 aromatic heterocycles. The van der Waals surface area contributed by atoms with Gasteiger partial charge in [0.05, 0.1) is 0 Å². The summed E-state index contributed by atoms with van der Waals surface area (Å²) in [6, 6.07) is 6.15. The highest BCUT2D eigenvalue weighted by atomic mass is 19.1. The number of nitrogens with zero attached hydrogens (tertiary/aromatic N) is 3. The molecule has 2 aromatic rings. The predicted octanol–water partition coefficient (Wildman–Crippen LogP) is 4.70. The number of ether oxygens (including phenoxy) is 1. The second-order valence-electron chi connectivity index (χ2n) is 11.3. The van der Waals surface area contributed by atoms with Crippen LogP contribution in [0.2, 0.25) is 0 Å². The third-order valence-electron chi connectivity index (χ3n) is 6.92. The number of nitrogens with one attached hydrogen (secondary N) is 3. The summed E-state index contributed by atoms with van der Waals surface area (Å²) in [5.41, 5.74) is 1.01. The molecule has 37 heavy (non-hydrogen) atoms. The summed E-state index contributed by atoms with van der Waals surface area (Å²) in [7, 11) is 0. The van der Waals surface area contributed by atoms with Crippen molar-refractivity contribution >= 4 is 29.5 Å². The molecule has 2 aliphatic carbocycles. The van der Waals surface area contributed by atoms with E-state index in [9.17, 15) is 14.0 Å². The average Bonchev–Trinajstić information content (AvgIpc) is 3.46. The molecule has 1 saturated heterocycles. The summed E-state index contributed by atoms with van der Waals surface area (Å²) in [6.45, 7) is 6.00. The SMILES string of the molecule is CC(C)(C)OC(=O)N1CCC[C@H]1C(=O)NC1CC(c2cnc(Nc3cccc(F)c3)nc2NC2CC2)C1. The lowest BCUT2D eigenvalue weighted by atomic mass is 9.76. The van der Waals surface area contributed by atoms with E-state index in [-0.39, 0.29) is 23.7 Å². The number of aromatic nitrogens is 2. The molecule has 2 saturated carbocycles. The van der Waals surface area contributed by atoms with Crippen LogP contribution in [-0.2, 0) is 9.53 Å². The van der Waals surface area contributed by atoms with Gasteiger partial charge in [0, 0.05) is 36.1 Å². The van der Waals surface area contributed by atoms with Gasteiger partial charge in [-0.1, -0.05) is 6.07 Å². The Hall–Kier alpha value is -3.43. The zero-order valence-electron chi connectivity index (χ0n) is 21.6. The lowest BCUT2D eigenvalue weighted by Gasteiger charge is -2.38. The first kappa shape index (κ1) is 25.2. The first-order chi connectivity index (χ1) is 17.6. The van der Waals surface area contributed by atoms with Crippen LogP contribution in [0.1, 0.15) is 70.8 Å². The van der Waals surface area contributed by atoms with Crippen molar-refractivity contribution in [2.45, 2.75) is 88.9 Å². The minimum Gasteiger partial charge on any atom is -0.444 e. The molecule has 2 heterocycles. The van der Waals surface area contributed by atoms with E-state index in [0.29, 0.717) is 30.6 Å². The maximum absolute atomic E-state index is 13.6. The van der Waals surface area contributed by atoms with E-state index in [1.807, 2.05) is 27.0 Å². The number of halogens is 1. The molecule has 0 spiro atoms. The molecule has 1 aromatic carbocycles. The number of likely N-dealkylation sites (tertiary alicyclic amines) is 1. The van der Waals surface area contributed by atoms with Gasteiger partial charge < -0.3 is 20.7 Å². The van der Waals surface area contributed by atoms with Crippen LogP contribution in [0.3, 0.4) is 0 Å². The number of hydrogen-bond donors (Lipinski definition) is 3. The summed E-state index contributed by atoms with van der Waals surface area (Å²) in [6.07, 6.45) is 6.59. The minimum atomic E-state index is -0.599. The number of benzene rings is 1. The normalized spacial score (nSPS) is 23.2. The highest BCUT2D eigenvalue weighted by molar-refractivity contribution is 5.86. The third kappa shape index (κ3) is 6.29. The summed E-state index contributed by atoms with van der Waals surface area (Å²) < 4.78 is 19.0. The molecule has 1 atom stereocenters. The molecule has 9 nitrogen and oxygen atoms in total. The van der Waals surface area contributed by atoms with Crippen LogP contribution >= 0.6 is 0 Å². The van der Waals surface area contributed by atoms with Gasteiger partial charge in [-0.05, 0) is 83.4 Å². The highest BCUT2D eigenvalue weighted by Gasteiger charge is 2.40. The monoisotopic (exact) mass is 510 g/mol. The predicted molar refractivity (Wildman–Crippen MR) is 138 cm³/mol. The van der Waals surface area contributed by atoms with E-state index in [1.165, 1.54) is 12.1 Å². The number of hydrogen-bond acceptors (Lipinski definition) is 7. The maximum Gasteiger partial charge on any atom is 0.410 e. The summed E-state index contributed by atoms with van der Waals surface area (Å²) in [4.78, 5) is 36.3. The standard InChI is InChI=1S/C27H35FN6O3/c1-27(2,3)37-26(36)34-11-5-8-22(34)24(35)31-20-12-16(13-20)21-15-29-25(33-23(21)30-18-9-10-18)32-19-7-4-6-17(28)14-19/h4,6-7,14-16,18,20,22H,5,8-13H2,1-3H3,(H,31,35)(H2,29,30,32,33)/t16?,20?,22-/m0/s1. The quantitative estimate of drug-likeness (QED) is 0.496. The van der Waals surface area contributed by atoms with Crippen molar-refractivity contribution in [2.75, 3.05) is 17.2 Å². The largest absolute Gasteiger partial charge is 0.444 e. The Morgan fingerprint density at radius 2 is 1.92 bits per heavy atom. The molecule has 1 aliphatic heterocycles. The van der Waals surface area contributed by atoms with Crippen molar-refractivity contribution in [3.05, 3.63) is 41.8 Å². The Morgan fingerprint density at radius 3 is 2.62 bits per heavy atom. The van der Waals surface area contributed by atoms with E-state index in [0.717, 1.165) is 43.5 Å². The lowest BCUT2D eigenvalue weighted by molar-refractivity contribution is -0.126. The van der Waals surface area contributed by atoms with Crippen molar-refractivity contribution in [3.8, 4) is 0 Å². The van der Waals surface area contributed by atoms with Crippen molar-refractivity contribution < 1.29 is 18.7 Å². The summed E-state index contributed by atoms with van der Waals surface area (Å²) in [5.74, 6) is 0.977. The number of carbonyl (C=O) groups excluding carboxylic acids is 2. The smallest absolute Gasteiger partial charge is 0.410 e. The minimum absolute atomic E-state index is 0.0393. The summed E-state index contributed by atoms with van der Waals surface area (Å²) in [5, 5.41) is 9.70. The van der Waals surface area contributed by atoms with Crippen LogP contribution in [0.5, 0.6) is 0 Å². The van der Waals surface area contributed by atoms with Gasteiger partial charge in [-0.2, -0.15) is 4.98 Å². The van der Waals surface area contributed by atoms with Crippen molar-refractivity contribution in [1.29, 1.82) is 0 Å². The van der Waals surface area contributed by atoms with Gasteiger partial charge in [-0.15, -0.1) is 0 Å². The second kappa shape index (κ2) is 10.1. The Morgan fingerprint density at radius 1 is 1.14 bits per heavy atom. The van der Waals surface area contributed by atoms with Crippen LogP contribution in [0.15, 0.2) is 30.5 Å². The van der Waals surface area contributed by atoms with Gasteiger partial charge in [-0.25, -0.2) is 14.2 Å². The zero-order valence-corrected chi connectivity index (χ0v) is 21.6. The van der Waals surface area contributed by atoms with Crippen LogP contribution < -0.4 is 16.0 Å². The summed E-state index contributed by atoms with van der Waals surface area (Å²) >= 11 is 0. The average molecular weight is 511 g/mol. The van der Waals surface area contributed by atoms with Crippen molar-refractivity contribution in [1.82, 2.24) is 20.2 Å². The number of carbonyl (C=O) groups is 2. The Labute approximate surface area is 216 Å². The molecule has 0 unspecified atom stereocenters. The van der Waals surface area contributed by atoms with Crippen LogP contribution in [0.25, 0.3) is 0 Å². The Bertz CT molecular complexity index is 1160. The molecule has 10 heteroatoms. The first-order valence-electron chi connectivity index (χ1n) is 13.1. The topological polar surface area (TPSA) is 108 Å². The molecular formula is C27H35FN6O3. The van der Waals surface area contributed by atoms with E-state index in [4.69, 9.17) is 4.74 Å². The van der Waals surface area contributed by atoms with Crippen molar-refractivity contribution in [3.63, 3.8) is 0 Å². The fraction of sp³-hybridized carbons (Fsp3) is 0.556. The maximum atomic E-state index is 13.6. The number of anilines is 3. The lowest BCUT2D eigenvalue weighted by Crippen LogP contribution is -2.52. The van der Waals surface area contributed by atoms with E-state index >= 15 is 0 Å². The van der Waals surface area contributed by atoms with E-state index in [1.54, 1.807) is 17.0 Å². The molecule has 3 fully saturated rings. The van der Waals surface area contributed by atoms with Gasteiger partial charge in [0.15, 0.2) is 0 Å². The van der Waals surface area contributed by atoms with Gasteiger partial charge in [-0.3, -0.25) is 9.69 Å². The molecule has 0 radical (unpaired) electrons. The van der Waals surface area contributed by atoms with Crippen LogP contribution in [0.4, 0.5) is 26.6 Å². The fourth-order valence-electron chi connectivity index (χ4n) is 4.85. The van der Waals surface area contributed by atoms with Gasteiger partial charge in [0.2, 0.25) is 11.9 Å². The van der Waals surface area contributed by atoms with Gasteiger partial charge >= 0.3 is 6.09 Å². The molecule has 0 bridgehead atoms. The molecule has 3 aliphatic rings. The van der Waals surface area contributed by atoms with E-state index < -0.39 is 17.7 Å². The highest BCUT2D eigenvalue weighted by Crippen LogP contribution is 2.41. The van der Waals surface area contributed by atoms with Crippen LogP contribution in [-0.4, -0.2) is 57.1 Å². The van der Waals surface area contributed by atoms with Gasteiger partial charge in [0.25, 0.3) is 0 Å². The third-order valence-corrected chi connectivity index (χ3v) is 6.92. The fourth-order valence-corrected chi connectivity index (χ4v) is 4.85. The van der Waals surface area contributed by atoms with Crippen LogP contribution in [0, 0.1) is 5.82 Å². The Balaban J connectivity index is 1.19. The number of amides is 2. The molecular weight excluding hydrogens is 475 g/mol. The van der Waals surface area contributed by atoms with Crippen molar-refractivity contribution in [2.24, 2.45) is 0 Å². The molecule has 5 rings (SSSR count). The van der Waals surface area contributed by atoms with Gasteiger partial charge in [0.1, 0.15) is 23.3 Å². The second-order valence-corrected chi connectivity index (χ2v) is 11.3. The number of rotatable bonds is 7. The van der Waals surface area contributed by atoms with E-state index in [2.05, 4.69) is 25.9 Å². The molecule has 3 N–H and O–H groups in total. The zero-order chi connectivity index (χ0) is 26.2. The first-order valence-corrected chi connectivity index (χ1v) is 13.1. The molecule has 198 valence electrons. The Kier molecular flexibility index (Phi) is 6.92.